The third-order valence-electron chi connectivity index (χ3n) is 3.14. The Kier molecular flexibility index (Phi) is 5.50. The van der Waals surface area contributed by atoms with Crippen LogP contribution in [-0.4, -0.2) is 10.9 Å². The zero-order valence-electron chi connectivity index (χ0n) is 11.8. The number of aromatic nitrogens is 1. The monoisotopic (exact) mass is 272 g/mol. The molecule has 0 fully saturated rings. The van der Waals surface area contributed by atoms with Crippen molar-refractivity contribution in [2.45, 2.75) is 39.2 Å². The van der Waals surface area contributed by atoms with Gasteiger partial charge in [0.05, 0.1) is 5.52 Å². The lowest BCUT2D eigenvalue weighted by atomic mass is 10.1. The number of amides is 1. The molecule has 0 saturated carbocycles. The molecule has 0 spiro atoms. The summed E-state index contributed by atoms with van der Waals surface area (Å²) in [6.07, 6.45) is 5.36. The van der Waals surface area contributed by atoms with Crippen LogP contribution in [0.2, 0.25) is 0 Å². The molecule has 0 aliphatic rings. The number of carbonyl (C=O) groups excluding carboxylic acids is 1. The van der Waals surface area contributed by atoms with Crippen LogP contribution in [-0.2, 0) is 16.2 Å². The zero-order chi connectivity index (χ0) is 14.2. The van der Waals surface area contributed by atoms with E-state index in [-0.39, 0.29) is 5.91 Å². The van der Waals surface area contributed by atoms with Crippen LogP contribution in [0.3, 0.4) is 0 Å². The molecule has 2 aromatic rings. The first kappa shape index (κ1) is 14.5. The van der Waals surface area contributed by atoms with Crippen LogP contribution in [0, 0.1) is 0 Å². The number of unbranched alkanes of at least 4 members (excludes halogenated alkanes) is 2. The molecule has 0 aliphatic carbocycles. The number of hydrogen-bond acceptors (Lipinski definition) is 3. The Morgan fingerprint density at radius 2 is 2.10 bits per heavy atom. The fraction of sp³-hybridized carbons (Fsp3) is 0.375. The van der Waals surface area contributed by atoms with Gasteiger partial charge in [0.2, 0.25) is 5.91 Å². The fourth-order valence-electron chi connectivity index (χ4n) is 2.06. The molecule has 0 saturated heterocycles. The average molecular weight is 272 g/mol. The molecule has 106 valence electrons. The molecule has 4 heteroatoms. The van der Waals surface area contributed by atoms with E-state index in [0.29, 0.717) is 13.0 Å². The summed E-state index contributed by atoms with van der Waals surface area (Å²) in [6.45, 7) is 2.44. The molecule has 0 atom stereocenters. The maximum Gasteiger partial charge on any atom is 0.243 e. The molecule has 1 amide bonds. The fourth-order valence-corrected chi connectivity index (χ4v) is 2.06. The van der Waals surface area contributed by atoms with Crippen molar-refractivity contribution >= 4 is 16.8 Å². The lowest BCUT2D eigenvalue weighted by Gasteiger charge is -2.07. The highest BCUT2D eigenvalue weighted by Crippen LogP contribution is 2.16. The van der Waals surface area contributed by atoms with Crippen LogP contribution in [0.5, 0.6) is 0 Å². The highest BCUT2D eigenvalue weighted by Gasteiger charge is 2.04. The molecule has 20 heavy (non-hydrogen) atoms. The van der Waals surface area contributed by atoms with Gasteiger partial charge in [-0.2, -0.15) is 0 Å². The Balaban J connectivity index is 1.85. The van der Waals surface area contributed by atoms with Gasteiger partial charge in [0, 0.05) is 23.6 Å². The highest BCUT2D eigenvalue weighted by molar-refractivity contribution is 5.81. The van der Waals surface area contributed by atoms with Crippen LogP contribution < -0.4 is 5.48 Å². The Morgan fingerprint density at radius 3 is 2.95 bits per heavy atom. The number of hydroxylamine groups is 1. The summed E-state index contributed by atoms with van der Waals surface area (Å²) in [5, 5.41) is 1.07. The van der Waals surface area contributed by atoms with Crippen LogP contribution in [0.15, 0.2) is 36.5 Å². The minimum atomic E-state index is -0.0633. The maximum absolute atomic E-state index is 11.5. The SMILES string of the molecule is CCCCCC(=O)NOCc1cccc2cccnc12. The van der Waals surface area contributed by atoms with E-state index in [2.05, 4.69) is 17.4 Å². The molecule has 2 rings (SSSR count). The largest absolute Gasteiger partial charge is 0.273 e. The van der Waals surface area contributed by atoms with Crippen molar-refractivity contribution < 1.29 is 9.63 Å². The summed E-state index contributed by atoms with van der Waals surface area (Å²) in [5.74, 6) is -0.0633. The van der Waals surface area contributed by atoms with Crippen LogP contribution in [0.1, 0.15) is 38.2 Å². The molecule has 4 nitrogen and oxygen atoms in total. The predicted octanol–water partition coefficient (Wildman–Crippen LogP) is 3.36. The first-order chi connectivity index (χ1) is 9.81. The Hall–Kier alpha value is -1.94. The third kappa shape index (κ3) is 4.03. The van der Waals surface area contributed by atoms with Gasteiger partial charge in [-0.1, -0.05) is 44.0 Å². The number of benzene rings is 1. The van der Waals surface area contributed by atoms with E-state index in [1.54, 1.807) is 6.20 Å². The van der Waals surface area contributed by atoms with Crippen molar-refractivity contribution in [3.05, 3.63) is 42.1 Å². The summed E-state index contributed by atoms with van der Waals surface area (Å²) >= 11 is 0. The third-order valence-corrected chi connectivity index (χ3v) is 3.14. The number of pyridine rings is 1. The number of carbonyl (C=O) groups is 1. The number of para-hydroxylation sites is 1. The van der Waals surface area contributed by atoms with E-state index < -0.39 is 0 Å². The molecule has 1 N–H and O–H groups in total. The summed E-state index contributed by atoms with van der Waals surface area (Å²) in [7, 11) is 0. The van der Waals surface area contributed by atoms with Gasteiger partial charge in [0.15, 0.2) is 0 Å². The summed E-state index contributed by atoms with van der Waals surface area (Å²) in [6, 6.07) is 9.84. The summed E-state index contributed by atoms with van der Waals surface area (Å²) in [4.78, 5) is 21.1. The lowest BCUT2D eigenvalue weighted by molar-refractivity contribution is -0.134. The first-order valence-electron chi connectivity index (χ1n) is 7.04. The van der Waals surface area contributed by atoms with E-state index in [0.717, 1.165) is 35.7 Å². The smallest absolute Gasteiger partial charge is 0.243 e. The van der Waals surface area contributed by atoms with Crippen LogP contribution in [0.25, 0.3) is 10.9 Å². The van der Waals surface area contributed by atoms with E-state index in [1.807, 2.05) is 30.3 Å². The summed E-state index contributed by atoms with van der Waals surface area (Å²) in [5.41, 5.74) is 4.37. The van der Waals surface area contributed by atoms with Crippen molar-refractivity contribution in [2.75, 3.05) is 0 Å². The first-order valence-corrected chi connectivity index (χ1v) is 7.04. The van der Waals surface area contributed by atoms with E-state index in [4.69, 9.17) is 4.84 Å². The van der Waals surface area contributed by atoms with Gasteiger partial charge in [-0.3, -0.25) is 14.6 Å². The molecule has 0 bridgehead atoms. The van der Waals surface area contributed by atoms with Crippen molar-refractivity contribution in [1.82, 2.24) is 10.5 Å². The Bertz CT molecular complexity index is 564. The number of nitrogens with zero attached hydrogens (tertiary/aromatic N) is 1. The quantitative estimate of drug-likeness (QED) is 0.621. The molecule has 0 unspecified atom stereocenters. The standard InChI is InChI=1S/C16H20N2O2/c1-2-3-4-10-15(19)18-20-12-14-8-5-7-13-9-6-11-17-16(13)14/h5-9,11H,2-4,10,12H2,1H3,(H,18,19). The van der Waals surface area contributed by atoms with Crippen molar-refractivity contribution in [2.24, 2.45) is 0 Å². The minimum Gasteiger partial charge on any atom is -0.273 e. The van der Waals surface area contributed by atoms with Gasteiger partial charge in [-0.15, -0.1) is 0 Å². The predicted molar refractivity (Wildman–Crippen MR) is 78.8 cm³/mol. The molecule has 1 aromatic carbocycles. The summed E-state index contributed by atoms with van der Waals surface area (Å²) < 4.78 is 0. The van der Waals surface area contributed by atoms with Gasteiger partial charge in [-0.05, 0) is 12.5 Å². The second kappa shape index (κ2) is 7.60. The molecule has 1 heterocycles. The number of fused-ring (bicyclic) bond motifs is 1. The maximum atomic E-state index is 11.5. The number of hydrogen-bond donors (Lipinski definition) is 1. The molecule has 1 aromatic heterocycles. The topological polar surface area (TPSA) is 51.2 Å². The van der Waals surface area contributed by atoms with E-state index >= 15 is 0 Å². The number of rotatable bonds is 7. The highest BCUT2D eigenvalue weighted by atomic mass is 16.6. The second-order valence-electron chi connectivity index (χ2n) is 4.76. The van der Waals surface area contributed by atoms with Crippen LogP contribution >= 0.6 is 0 Å². The van der Waals surface area contributed by atoms with Gasteiger partial charge >= 0.3 is 0 Å². The van der Waals surface area contributed by atoms with Crippen molar-refractivity contribution in [3.63, 3.8) is 0 Å². The zero-order valence-corrected chi connectivity index (χ0v) is 11.8. The number of nitrogens with one attached hydrogen (secondary N) is 1. The van der Waals surface area contributed by atoms with E-state index in [9.17, 15) is 4.79 Å². The Labute approximate surface area is 119 Å². The van der Waals surface area contributed by atoms with Gasteiger partial charge in [-0.25, -0.2) is 5.48 Å². The normalized spacial score (nSPS) is 10.7. The van der Waals surface area contributed by atoms with E-state index in [1.165, 1.54) is 0 Å². The average Bonchev–Trinajstić information content (AvgIpc) is 2.48. The van der Waals surface area contributed by atoms with Crippen LogP contribution in [0.4, 0.5) is 0 Å². The lowest BCUT2D eigenvalue weighted by Crippen LogP contribution is -2.23. The second-order valence-corrected chi connectivity index (χ2v) is 4.76. The van der Waals surface area contributed by atoms with Crippen molar-refractivity contribution in [3.8, 4) is 0 Å². The van der Waals surface area contributed by atoms with Crippen molar-refractivity contribution in [1.29, 1.82) is 0 Å². The molecular formula is C16H20N2O2. The van der Waals surface area contributed by atoms with Gasteiger partial charge in [0.25, 0.3) is 0 Å². The minimum absolute atomic E-state index is 0.0633. The molecule has 0 radical (unpaired) electrons. The van der Waals surface area contributed by atoms with Gasteiger partial charge in [0.1, 0.15) is 6.61 Å². The Morgan fingerprint density at radius 1 is 1.25 bits per heavy atom. The van der Waals surface area contributed by atoms with Gasteiger partial charge < -0.3 is 0 Å². The molecule has 0 aliphatic heterocycles. The molecular weight excluding hydrogens is 252 g/mol.